The zero-order valence-electron chi connectivity index (χ0n) is 11.4. The molecule has 0 unspecified atom stereocenters. The van der Waals surface area contributed by atoms with Crippen LogP contribution in [-0.4, -0.2) is 11.1 Å². The molecule has 0 aliphatic heterocycles. The maximum absolute atomic E-state index is 8.92. The van der Waals surface area contributed by atoms with Crippen molar-refractivity contribution in [1.29, 1.82) is 5.26 Å². The van der Waals surface area contributed by atoms with Gasteiger partial charge in [-0.1, -0.05) is 23.7 Å². The maximum atomic E-state index is 8.92. The van der Waals surface area contributed by atoms with Gasteiger partial charge in [0.15, 0.2) is 0 Å². The molecule has 0 spiro atoms. The summed E-state index contributed by atoms with van der Waals surface area (Å²) in [6.07, 6.45) is 2.04. The lowest BCUT2D eigenvalue weighted by Crippen LogP contribution is -2.09. The van der Waals surface area contributed by atoms with E-state index >= 15 is 0 Å². The highest BCUT2D eigenvalue weighted by Gasteiger charge is 2.03. The average molecular weight is 296 g/mol. The van der Waals surface area contributed by atoms with E-state index in [1.807, 2.05) is 54.7 Å². The van der Waals surface area contributed by atoms with Crippen LogP contribution in [0.4, 0.5) is 5.69 Å². The van der Waals surface area contributed by atoms with Crippen LogP contribution in [-0.2, 0) is 6.54 Å². The van der Waals surface area contributed by atoms with Crippen molar-refractivity contribution in [2.24, 2.45) is 0 Å². The van der Waals surface area contributed by atoms with E-state index in [0.717, 1.165) is 34.7 Å². The van der Waals surface area contributed by atoms with Gasteiger partial charge in [-0.05, 0) is 36.4 Å². The molecule has 0 radical (unpaired) electrons. The van der Waals surface area contributed by atoms with Crippen LogP contribution in [0.3, 0.4) is 0 Å². The van der Waals surface area contributed by atoms with Crippen LogP contribution in [0.25, 0.3) is 10.9 Å². The number of para-hydroxylation sites is 1. The second kappa shape index (κ2) is 5.90. The molecule has 3 aromatic rings. The average Bonchev–Trinajstić information content (AvgIpc) is 2.91. The molecule has 0 aliphatic rings. The molecule has 0 aliphatic carbocycles. The van der Waals surface area contributed by atoms with Crippen LogP contribution in [0.15, 0.2) is 54.7 Å². The van der Waals surface area contributed by atoms with Crippen molar-refractivity contribution in [3.63, 3.8) is 0 Å². The van der Waals surface area contributed by atoms with Gasteiger partial charge >= 0.3 is 0 Å². The Bertz CT molecular complexity index is 814. The molecule has 0 fully saturated rings. The summed E-state index contributed by atoms with van der Waals surface area (Å²) in [5.74, 6) is 0. The first-order valence-electron chi connectivity index (χ1n) is 6.75. The van der Waals surface area contributed by atoms with Crippen LogP contribution >= 0.6 is 11.6 Å². The number of hydrogen-bond donors (Lipinski definition) is 1. The minimum atomic E-state index is 0.689. The van der Waals surface area contributed by atoms with E-state index in [1.54, 1.807) is 0 Å². The summed E-state index contributed by atoms with van der Waals surface area (Å²) < 4.78 is 2.17. The predicted octanol–water partition coefficient (Wildman–Crippen LogP) is 4.28. The van der Waals surface area contributed by atoms with Gasteiger partial charge in [-0.25, -0.2) is 0 Å². The van der Waals surface area contributed by atoms with Crippen LogP contribution in [0.1, 0.15) is 5.56 Å². The summed E-state index contributed by atoms with van der Waals surface area (Å²) in [4.78, 5) is 0. The Balaban J connectivity index is 1.71. The molecule has 1 N–H and O–H groups in total. The smallest absolute Gasteiger partial charge is 0.0991 e. The van der Waals surface area contributed by atoms with Gasteiger partial charge in [0, 0.05) is 30.2 Å². The molecule has 0 saturated carbocycles. The van der Waals surface area contributed by atoms with Crippen LogP contribution in [0.5, 0.6) is 0 Å². The van der Waals surface area contributed by atoms with Crippen molar-refractivity contribution in [2.45, 2.75) is 6.54 Å². The van der Waals surface area contributed by atoms with Crippen molar-refractivity contribution in [2.75, 3.05) is 11.9 Å². The summed E-state index contributed by atoms with van der Waals surface area (Å²) in [5, 5.41) is 14.1. The summed E-state index contributed by atoms with van der Waals surface area (Å²) >= 11 is 6.11. The van der Waals surface area contributed by atoms with Crippen LogP contribution in [0.2, 0.25) is 5.02 Å². The van der Waals surface area contributed by atoms with Crippen molar-refractivity contribution < 1.29 is 0 Å². The number of anilines is 1. The quantitative estimate of drug-likeness (QED) is 0.780. The maximum Gasteiger partial charge on any atom is 0.0991 e. The summed E-state index contributed by atoms with van der Waals surface area (Å²) in [6, 6.07) is 17.7. The Morgan fingerprint density at radius 1 is 1.14 bits per heavy atom. The minimum absolute atomic E-state index is 0.689. The van der Waals surface area contributed by atoms with Crippen LogP contribution < -0.4 is 5.32 Å². The monoisotopic (exact) mass is 295 g/mol. The second-order valence-corrected chi connectivity index (χ2v) is 5.21. The molecule has 4 heteroatoms. The van der Waals surface area contributed by atoms with Crippen molar-refractivity contribution in [1.82, 2.24) is 4.57 Å². The molecule has 1 heterocycles. The third-order valence-electron chi connectivity index (χ3n) is 3.44. The largest absolute Gasteiger partial charge is 0.382 e. The number of nitriles is 1. The van der Waals surface area contributed by atoms with Gasteiger partial charge in [0.1, 0.15) is 0 Å². The zero-order valence-corrected chi connectivity index (χ0v) is 12.1. The number of fused-ring (bicyclic) bond motifs is 1. The normalized spacial score (nSPS) is 10.5. The van der Waals surface area contributed by atoms with Crippen molar-refractivity contribution in [3.8, 4) is 6.07 Å². The molecular weight excluding hydrogens is 282 g/mol. The lowest BCUT2D eigenvalue weighted by molar-refractivity contribution is 0.757. The van der Waals surface area contributed by atoms with Gasteiger partial charge in [-0.15, -0.1) is 0 Å². The minimum Gasteiger partial charge on any atom is -0.382 e. The molecule has 0 amide bonds. The molecular formula is C17H14ClN3. The first kappa shape index (κ1) is 13.5. The number of benzene rings is 2. The number of rotatable bonds is 4. The van der Waals surface area contributed by atoms with Gasteiger partial charge < -0.3 is 9.88 Å². The molecule has 0 bridgehead atoms. The molecule has 0 atom stereocenters. The summed E-state index contributed by atoms with van der Waals surface area (Å²) in [7, 11) is 0. The molecule has 1 aromatic heterocycles. The first-order chi connectivity index (χ1) is 10.3. The van der Waals surface area contributed by atoms with Gasteiger partial charge in [0.2, 0.25) is 0 Å². The summed E-state index contributed by atoms with van der Waals surface area (Å²) in [6.45, 7) is 1.62. The highest BCUT2D eigenvalue weighted by Crippen LogP contribution is 2.21. The number of aromatic nitrogens is 1. The Morgan fingerprint density at radius 3 is 2.81 bits per heavy atom. The molecule has 0 saturated heterocycles. The van der Waals surface area contributed by atoms with E-state index in [-0.39, 0.29) is 0 Å². The van der Waals surface area contributed by atoms with E-state index in [9.17, 15) is 0 Å². The lowest BCUT2D eigenvalue weighted by atomic mass is 10.2. The number of halogens is 1. The Hall–Kier alpha value is -2.44. The lowest BCUT2D eigenvalue weighted by Gasteiger charge is -2.10. The van der Waals surface area contributed by atoms with E-state index < -0.39 is 0 Å². The van der Waals surface area contributed by atoms with Crippen molar-refractivity contribution in [3.05, 3.63) is 65.3 Å². The van der Waals surface area contributed by atoms with Gasteiger partial charge in [0.25, 0.3) is 0 Å². The zero-order chi connectivity index (χ0) is 14.7. The van der Waals surface area contributed by atoms with Crippen molar-refractivity contribution >= 4 is 28.2 Å². The fourth-order valence-electron chi connectivity index (χ4n) is 2.38. The van der Waals surface area contributed by atoms with Gasteiger partial charge in [-0.2, -0.15) is 5.26 Å². The highest BCUT2D eigenvalue weighted by atomic mass is 35.5. The SMILES string of the molecule is N#Cc1ccc2c(ccn2CCNc2ccccc2Cl)c1. The fourth-order valence-corrected chi connectivity index (χ4v) is 2.58. The molecule has 3 rings (SSSR count). The Labute approximate surface area is 128 Å². The molecule has 3 nitrogen and oxygen atoms in total. The van der Waals surface area contributed by atoms with E-state index in [2.05, 4.69) is 16.0 Å². The van der Waals surface area contributed by atoms with Gasteiger partial charge in [-0.3, -0.25) is 0 Å². The predicted molar refractivity (Wildman–Crippen MR) is 86.6 cm³/mol. The van der Waals surface area contributed by atoms with E-state index in [1.165, 1.54) is 0 Å². The standard InChI is InChI=1S/C17H14ClN3/c18-15-3-1-2-4-16(15)20-8-10-21-9-7-14-11-13(12-19)5-6-17(14)21/h1-7,9,11,20H,8,10H2. The van der Waals surface area contributed by atoms with E-state index in [4.69, 9.17) is 16.9 Å². The Kier molecular flexibility index (Phi) is 3.81. The van der Waals surface area contributed by atoms with Gasteiger partial charge in [0.05, 0.1) is 22.3 Å². The fraction of sp³-hybridized carbons (Fsp3) is 0.118. The molecule has 2 aromatic carbocycles. The second-order valence-electron chi connectivity index (χ2n) is 4.80. The van der Waals surface area contributed by atoms with E-state index in [0.29, 0.717) is 5.56 Å². The number of hydrogen-bond acceptors (Lipinski definition) is 2. The topological polar surface area (TPSA) is 40.8 Å². The Morgan fingerprint density at radius 2 is 2.00 bits per heavy atom. The third-order valence-corrected chi connectivity index (χ3v) is 3.77. The molecule has 104 valence electrons. The third kappa shape index (κ3) is 2.86. The highest BCUT2D eigenvalue weighted by molar-refractivity contribution is 6.33. The summed E-state index contributed by atoms with van der Waals surface area (Å²) in [5.41, 5.74) is 2.77. The van der Waals surface area contributed by atoms with Crippen LogP contribution in [0, 0.1) is 11.3 Å². The first-order valence-corrected chi connectivity index (χ1v) is 7.13. The molecule has 21 heavy (non-hydrogen) atoms. The number of nitrogens with one attached hydrogen (secondary N) is 1. The number of nitrogens with zero attached hydrogens (tertiary/aromatic N) is 2.